The topological polar surface area (TPSA) is 97.0 Å². The van der Waals surface area contributed by atoms with E-state index < -0.39 is 10.0 Å². The van der Waals surface area contributed by atoms with Gasteiger partial charge in [-0.15, -0.1) is 0 Å². The number of rotatable bonds is 11. The number of hydrogen-bond donors (Lipinski definition) is 2. The molecule has 0 aliphatic carbocycles. The van der Waals surface area contributed by atoms with Gasteiger partial charge in [0, 0.05) is 36.8 Å². The molecule has 2 N–H and O–H groups in total. The van der Waals surface area contributed by atoms with Crippen molar-refractivity contribution in [3.63, 3.8) is 0 Å². The zero-order chi connectivity index (χ0) is 23.7. The number of nitrogens with one attached hydrogen (secondary N) is 2. The van der Waals surface area contributed by atoms with Crippen LogP contribution in [0.15, 0.2) is 47.4 Å². The molecular weight excluding hydrogens is 466 g/mol. The van der Waals surface area contributed by atoms with Crippen LogP contribution in [0.5, 0.6) is 5.75 Å². The molecule has 1 amide bonds. The normalized spacial score (nSPS) is 14.7. The lowest BCUT2D eigenvalue weighted by Crippen LogP contribution is -2.37. The Hall–Kier alpha value is -2.17. The number of methoxy groups -OCH3 is 1. The van der Waals surface area contributed by atoms with Crippen LogP contribution < -0.4 is 14.8 Å². The number of benzene rings is 2. The molecule has 1 heterocycles. The largest absolute Gasteiger partial charge is 0.495 e. The van der Waals surface area contributed by atoms with Crippen molar-refractivity contribution >= 4 is 27.5 Å². The van der Waals surface area contributed by atoms with Crippen LogP contribution in [0.1, 0.15) is 28.8 Å². The second-order valence-corrected chi connectivity index (χ2v) is 9.91. The summed E-state index contributed by atoms with van der Waals surface area (Å²) in [7, 11) is -2.52. The summed E-state index contributed by atoms with van der Waals surface area (Å²) in [4.78, 5) is 14.9. The van der Waals surface area contributed by atoms with Crippen molar-refractivity contribution in [2.75, 3.05) is 46.5 Å². The van der Waals surface area contributed by atoms with E-state index in [1.807, 2.05) is 0 Å². The maximum absolute atomic E-state index is 12.9. The van der Waals surface area contributed by atoms with Gasteiger partial charge in [0.15, 0.2) is 0 Å². The molecular formula is C23H30ClN3O5S. The molecule has 0 unspecified atom stereocenters. The zero-order valence-electron chi connectivity index (χ0n) is 18.7. The monoisotopic (exact) mass is 495 g/mol. The highest BCUT2D eigenvalue weighted by Gasteiger charge is 2.21. The number of hydrogen-bond acceptors (Lipinski definition) is 6. The first-order valence-corrected chi connectivity index (χ1v) is 12.8. The van der Waals surface area contributed by atoms with Crippen molar-refractivity contribution in [2.24, 2.45) is 0 Å². The number of ether oxygens (including phenoxy) is 2. The number of carbonyl (C=O) groups is 1. The molecule has 1 fully saturated rings. The van der Waals surface area contributed by atoms with Crippen molar-refractivity contribution in [1.29, 1.82) is 0 Å². The van der Waals surface area contributed by atoms with Crippen molar-refractivity contribution in [3.8, 4) is 5.75 Å². The molecule has 0 bridgehead atoms. The average Bonchev–Trinajstić information content (AvgIpc) is 2.83. The minimum atomic E-state index is -3.91. The molecule has 3 rings (SSSR count). The van der Waals surface area contributed by atoms with Crippen LogP contribution in [0.2, 0.25) is 5.02 Å². The molecule has 0 aromatic heterocycles. The minimum Gasteiger partial charge on any atom is -0.495 e. The number of sulfonamides is 1. The summed E-state index contributed by atoms with van der Waals surface area (Å²) in [5.74, 6) is -0.154. The molecule has 2 aromatic carbocycles. The van der Waals surface area contributed by atoms with Gasteiger partial charge in [0.1, 0.15) is 10.6 Å². The highest BCUT2D eigenvalue weighted by Crippen LogP contribution is 2.25. The first-order chi connectivity index (χ1) is 15.9. The molecule has 0 atom stereocenters. The van der Waals surface area contributed by atoms with Crippen LogP contribution in [0.4, 0.5) is 0 Å². The summed E-state index contributed by atoms with van der Waals surface area (Å²) in [6, 6.07) is 11.3. The predicted molar refractivity (Wildman–Crippen MR) is 127 cm³/mol. The van der Waals surface area contributed by atoms with Crippen molar-refractivity contribution in [1.82, 2.24) is 14.9 Å². The van der Waals surface area contributed by atoms with Crippen LogP contribution in [-0.2, 0) is 21.3 Å². The van der Waals surface area contributed by atoms with Gasteiger partial charge in [0.2, 0.25) is 10.0 Å². The fraction of sp³-hybridized carbons (Fsp3) is 0.435. The molecule has 33 heavy (non-hydrogen) atoms. The summed E-state index contributed by atoms with van der Waals surface area (Å²) in [6.45, 7) is 5.02. The lowest BCUT2D eigenvalue weighted by Gasteiger charge is -2.26. The third-order valence-corrected chi connectivity index (χ3v) is 7.06. The van der Waals surface area contributed by atoms with E-state index in [2.05, 4.69) is 14.9 Å². The lowest BCUT2D eigenvalue weighted by molar-refractivity contribution is 0.0372. The highest BCUT2D eigenvalue weighted by atomic mass is 35.5. The Balaban J connectivity index is 1.56. The molecule has 180 valence electrons. The van der Waals surface area contributed by atoms with Crippen LogP contribution in [-0.4, -0.2) is 65.7 Å². The van der Waals surface area contributed by atoms with Crippen LogP contribution in [0, 0.1) is 0 Å². The molecule has 10 heteroatoms. The van der Waals surface area contributed by atoms with Gasteiger partial charge in [-0.2, -0.15) is 0 Å². The first-order valence-electron chi connectivity index (χ1n) is 10.9. The van der Waals surface area contributed by atoms with E-state index in [9.17, 15) is 13.2 Å². The highest BCUT2D eigenvalue weighted by molar-refractivity contribution is 7.89. The predicted octanol–water partition coefficient (Wildman–Crippen LogP) is 2.67. The average molecular weight is 496 g/mol. The summed E-state index contributed by atoms with van der Waals surface area (Å²) < 4.78 is 38.9. The van der Waals surface area contributed by atoms with Gasteiger partial charge < -0.3 is 14.8 Å². The van der Waals surface area contributed by atoms with Gasteiger partial charge >= 0.3 is 0 Å². The Morgan fingerprint density at radius 1 is 1.12 bits per heavy atom. The Morgan fingerprint density at radius 2 is 1.85 bits per heavy atom. The number of unbranched alkanes of at least 4 members (excludes halogenated alkanes) is 1. The van der Waals surface area contributed by atoms with Gasteiger partial charge in [-0.1, -0.05) is 23.7 Å². The second-order valence-electron chi connectivity index (χ2n) is 7.73. The standard InChI is InChI=1S/C23H30ClN3O5S/c1-31-21-9-6-19(23(28)25-10-2-3-11-27-12-14-32-15-13-27)16-22(21)33(29,30)26-17-18-4-7-20(24)8-5-18/h4-9,16,26H,2-3,10-15,17H2,1H3,(H,25,28). The molecule has 0 radical (unpaired) electrons. The number of nitrogens with zero attached hydrogens (tertiary/aromatic N) is 1. The number of morpholine rings is 1. The first kappa shape index (κ1) is 25.5. The lowest BCUT2D eigenvalue weighted by atomic mass is 10.2. The molecule has 8 nitrogen and oxygen atoms in total. The van der Waals surface area contributed by atoms with Gasteiger partial charge in [-0.3, -0.25) is 9.69 Å². The fourth-order valence-corrected chi connectivity index (χ4v) is 4.81. The quantitative estimate of drug-likeness (QED) is 0.465. The van der Waals surface area contributed by atoms with Gasteiger partial charge in [0.25, 0.3) is 5.91 Å². The van der Waals surface area contributed by atoms with Gasteiger partial charge in [0.05, 0.1) is 20.3 Å². The van der Waals surface area contributed by atoms with Crippen LogP contribution in [0.25, 0.3) is 0 Å². The Kier molecular flexibility index (Phi) is 9.52. The molecule has 0 saturated carbocycles. The summed E-state index contributed by atoms with van der Waals surface area (Å²) in [6.07, 6.45) is 1.81. The van der Waals surface area contributed by atoms with Crippen molar-refractivity contribution < 1.29 is 22.7 Å². The third-order valence-electron chi connectivity index (χ3n) is 5.39. The van der Waals surface area contributed by atoms with E-state index in [1.165, 1.54) is 19.2 Å². The van der Waals surface area contributed by atoms with Gasteiger partial charge in [-0.25, -0.2) is 13.1 Å². The van der Waals surface area contributed by atoms with Crippen molar-refractivity contribution in [2.45, 2.75) is 24.3 Å². The van der Waals surface area contributed by atoms with E-state index in [0.29, 0.717) is 11.6 Å². The SMILES string of the molecule is COc1ccc(C(=O)NCCCCN2CCOCC2)cc1S(=O)(=O)NCc1ccc(Cl)cc1. The zero-order valence-corrected chi connectivity index (χ0v) is 20.3. The Bertz CT molecular complexity index is 1020. The molecule has 1 aliphatic heterocycles. The summed E-state index contributed by atoms with van der Waals surface area (Å²) in [5, 5.41) is 3.44. The van der Waals surface area contributed by atoms with Crippen LogP contribution >= 0.6 is 11.6 Å². The van der Waals surface area contributed by atoms with E-state index >= 15 is 0 Å². The summed E-state index contributed by atoms with van der Waals surface area (Å²) in [5.41, 5.74) is 1.02. The smallest absolute Gasteiger partial charge is 0.251 e. The third kappa shape index (κ3) is 7.68. The number of halogens is 1. The molecule has 2 aromatic rings. The second kappa shape index (κ2) is 12.3. The molecule has 1 aliphatic rings. The minimum absolute atomic E-state index is 0.0843. The number of amides is 1. The van der Waals surface area contributed by atoms with E-state index in [0.717, 1.165) is 51.3 Å². The maximum atomic E-state index is 12.9. The summed E-state index contributed by atoms with van der Waals surface area (Å²) >= 11 is 5.87. The van der Waals surface area contributed by atoms with E-state index in [1.54, 1.807) is 30.3 Å². The van der Waals surface area contributed by atoms with Crippen molar-refractivity contribution in [3.05, 3.63) is 58.6 Å². The molecule has 1 saturated heterocycles. The Labute approximate surface area is 200 Å². The van der Waals surface area contributed by atoms with E-state index in [-0.39, 0.29) is 28.7 Å². The number of carbonyl (C=O) groups excluding carboxylic acids is 1. The fourth-order valence-electron chi connectivity index (χ4n) is 3.48. The van der Waals surface area contributed by atoms with Gasteiger partial charge in [-0.05, 0) is 55.3 Å². The van der Waals surface area contributed by atoms with Crippen LogP contribution in [0.3, 0.4) is 0 Å². The Morgan fingerprint density at radius 3 is 2.55 bits per heavy atom. The maximum Gasteiger partial charge on any atom is 0.251 e. The van der Waals surface area contributed by atoms with E-state index in [4.69, 9.17) is 21.1 Å². The molecule has 0 spiro atoms.